The van der Waals surface area contributed by atoms with Gasteiger partial charge < -0.3 is 15.0 Å². The Balaban J connectivity index is 1.93. The fourth-order valence-corrected chi connectivity index (χ4v) is 2.71. The molecule has 0 fully saturated rings. The molecular formula is C16H16BrN3O. The number of halogens is 1. The molecule has 0 amide bonds. The van der Waals surface area contributed by atoms with E-state index in [0.29, 0.717) is 0 Å². The van der Waals surface area contributed by atoms with Crippen molar-refractivity contribution < 1.29 is 5.11 Å². The van der Waals surface area contributed by atoms with Gasteiger partial charge in [0.25, 0.3) is 0 Å². The molecule has 0 radical (unpaired) electrons. The van der Waals surface area contributed by atoms with E-state index in [0.717, 1.165) is 27.0 Å². The van der Waals surface area contributed by atoms with Crippen LogP contribution in [0.4, 0.5) is 5.95 Å². The summed E-state index contributed by atoms with van der Waals surface area (Å²) in [6.45, 7) is 2.05. The van der Waals surface area contributed by atoms with Crippen LogP contribution in [0.25, 0.3) is 11.0 Å². The zero-order chi connectivity index (χ0) is 15.0. The van der Waals surface area contributed by atoms with Crippen LogP contribution in [0.1, 0.15) is 18.5 Å². The first-order valence-electron chi connectivity index (χ1n) is 6.72. The number of phenolic OH excluding ortho intramolecular Hbond substituents is 1. The molecule has 108 valence electrons. The molecule has 1 unspecified atom stereocenters. The third-order valence-corrected chi connectivity index (χ3v) is 4.05. The largest absolute Gasteiger partial charge is 0.508 e. The summed E-state index contributed by atoms with van der Waals surface area (Å²) in [6.07, 6.45) is 0. The van der Waals surface area contributed by atoms with E-state index in [1.54, 1.807) is 12.1 Å². The molecular weight excluding hydrogens is 330 g/mol. The van der Waals surface area contributed by atoms with Crippen molar-refractivity contribution in [3.63, 3.8) is 0 Å². The quantitative estimate of drug-likeness (QED) is 0.747. The van der Waals surface area contributed by atoms with Crippen molar-refractivity contribution >= 4 is 32.9 Å². The lowest BCUT2D eigenvalue weighted by Crippen LogP contribution is -2.10. The highest BCUT2D eigenvalue weighted by Gasteiger charge is 2.12. The lowest BCUT2D eigenvalue weighted by Gasteiger charge is -2.15. The summed E-state index contributed by atoms with van der Waals surface area (Å²) in [5.41, 5.74) is 3.03. The van der Waals surface area contributed by atoms with Gasteiger partial charge in [-0.25, -0.2) is 4.98 Å². The number of nitrogens with zero attached hydrogens (tertiary/aromatic N) is 2. The number of imidazole rings is 1. The first-order valence-corrected chi connectivity index (χ1v) is 7.51. The van der Waals surface area contributed by atoms with Crippen LogP contribution in [0.5, 0.6) is 5.75 Å². The van der Waals surface area contributed by atoms with Gasteiger partial charge in [0, 0.05) is 11.5 Å². The highest BCUT2D eigenvalue weighted by Crippen LogP contribution is 2.26. The van der Waals surface area contributed by atoms with Gasteiger partial charge in [-0.15, -0.1) is 0 Å². The SMILES string of the molecule is CC(Nc1nc2ccc(Br)cc2n1C)c1cccc(O)c1. The number of rotatable bonds is 3. The van der Waals surface area contributed by atoms with Crippen LogP contribution in [-0.4, -0.2) is 14.7 Å². The van der Waals surface area contributed by atoms with Crippen LogP contribution in [0.2, 0.25) is 0 Å². The maximum absolute atomic E-state index is 9.57. The number of nitrogens with one attached hydrogen (secondary N) is 1. The smallest absolute Gasteiger partial charge is 0.204 e. The maximum atomic E-state index is 9.57. The minimum absolute atomic E-state index is 0.0519. The third-order valence-electron chi connectivity index (χ3n) is 3.56. The predicted octanol–water partition coefficient (Wildman–Crippen LogP) is 4.21. The average molecular weight is 346 g/mol. The van der Waals surface area contributed by atoms with Gasteiger partial charge >= 0.3 is 0 Å². The Morgan fingerprint density at radius 2 is 2.05 bits per heavy atom. The minimum Gasteiger partial charge on any atom is -0.508 e. The van der Waals surface area contributed by atoms with Crippen molar-refractivity contribution in [1.82, 2.24) is 9.55 Å². The zero-order valence-corrected chi connectivity index (χ0v) is 13.4. The van der Waals surface area contributed by atoms with E-state index in [9.17, 15) is 5.11 Å². The van der Waals surface area contributed by atoms with Crippen molar-refractivity contribution in [2.24, 2.45) is 7.05 Å². The molecule has 1 heterocycles. The normalized spacial score (nSPS) is 12.5. The van der Waals surface area contributed by atoms with Crippen LogP contribution in [0.15, 0.2) is 46.9 Å². The van der Waals surface area contributed by atoms with Crippen molar-refractivity contribution in [3.8, 4) is 5.75 Å². The van der Waals surface area contributed by atoms with Crippen LogP contribution >= 0.6 is 15.9 Å². The lowest BCUT2D eigenvalue weighted by atomic mass is 10.1. The first-order chi connectivity index (χ1) is 10.0. The van der Waals surface area contributed by atoms with E-state index >= 15 is 0 Å². The summed E-state index contributed by atoms with van der Waals surface area (Å²) in [6, 6.07) is 13.3. The number of aryl methyl sites for hydroxylation is 1. The van der Waals surface area contributed by atoms with Crippen LogP contribution in [0.3, 0.4) is 0 Å². The van der Waals surface area contributed by atoms with Gasteiger partial charge in [0.2, 0.25) is 5.95 Å². The minimum atomic E-state index is 0.0519. The van der Waals surface area contributed by atoms with Crippen LogP contribution in [-0.2, 0) is 7.05 Å². The Bertz CT molecular complexity index is 797. The van der Waals surface area contributed by atoms with Crippen molar-refractivity contribution in [2.75, 3.05) is 5.32 Å². The Morgan fingerprint density at radius 3 is 2.81 bits per heavy atom. The van der Waals surface area contributed by atoms with Gasteiger partial charge in [0.15, 0.2) is 0 Å². The van der Waals surface area contributed by atoms with Crippen molar-refractivity contribution in [3.05, 3.63) is 52.5 Å². The van der Waals surface area contributed by atoms with E-state index in [2.05, 4.69) is 26.2 Å². The summed E-state index contributed by atoms with van der Waals surface area (Å²) in [7, 11) is 1.99. The van der Waals surface area contributed by atoms with E-state index in [1.807, 2.05) is 48.9 Å². The Labute approximate surface area is 131 Å². The second kappa shape index (κ2) is 5.41. The van der Waals surface area contributed by atoms with Gasteiger partial charge in [-0.2, -0.15) is 0 Å². The number of hydrogen-bond acceptors (Lipinski definition) is 3. The number of aromatic hydroxyl groups is 1. The van der Waals surface area contributed by atoms with E-state index in [-0.39, 0.29) is 11.8 Å². The topological polar surface area (TPSA) is 50.1 Å². The number of hydrogen-bond donors (Lipinski definition) is 2. The molecule has 5 heteroatoms. The molecule has 1 atom stereocenters. The number of benzene rings is 2. The lowest BCUT2D eigenvalue weighted by molar-refractivity contribution is 0.474. The molecule has 0 aliphatic heterocycles. The second-order valence-electron chi connectivity index (χ2n) is 5.09. The molecule has 21 heavy (non-hydrogen) atoms. The molecule has 4 nitrogen and oxygen atoms in total. The van der Waals surface area contributed by atoms with Gasteiger partial charge in [-0.05, 0) is 42.8 Å². The molecule has 0 spiro atoms. The van der Waals surface area contributed by atoms with E-state index in [4.69, 9.17) is 0 Å². The summed E-state index contributed by atoms with van der Waals surface area (Å²) >= 11 is 3.48. The maximum Gasteiger partial charge on any atom is 0.204 e. The molecule has 0 aliphatic rings. The highest BCUT2D eigenvalue weighted by molar-refractivity contribution is 9.10. The van der Waals surface area contributed by atoms with Crippen LogP contribution < -0.4 is 5.32 Å². The Hall–Kier alpha value is -2.01. The zero-order valence-electron chi connectivity index (χ0n) is 11.8. The van der Waals surface area contributed by atoms with Crippen molar-refractivity contribution in [1.29, 1.82) is 0 Å². The van der Waals surface area contributed by atoms with Gasteiger partial charge in [0.05, 0.1) is 17.1 Å². The number of phenols is 1. The fourth-order valence-electron chi connectivity index (χ4n) is 2.36. The molecule has 2 aromatic carbocycles. The summed E-state index contributed by atoms with van der Waals surface area (Å²) < 4.78 is 3.06. The summed E-state index contributed by atoms with van der Waals surface area (Å²) in [4.78, 5) is 4.61. The number of aromatic nitrogens is 2. The molecule has 1 aromatic heterocycles. The standard InChI is InChI=1S/C16H16BrN3O/c1-10(11-4-3-5-13(21)8-11)18-16-19-14-7-6-12(17)9-15(14)20(16)2/h3-10,21H,1-2H3,(H,18,19). The summed E-state index contributed by atoms with van der Waals surface area (Å²) in [5, 5.41) is 13.0. The summed E-state index contributed by atoms with van der Waals surface area (Å²) in [5.74, 6) is 1.08. The Kier molecular flexibility index (Phi) is 3.59. The molecule has 0 saturated heterocycles. The molecule has 0 saturated carbocycles. The Morgan fingerprint density at radius 1 is 1.24 bits per heavy atom. The molecule has 3 rings (SSSR count). The van der Waals surface area contributed by atoms with E-state index in [1.165, 1.54) is 0 Å². The monoisotopic (exact) mass is 345 g/mol. The van der Waals surface area contributed by atoms with Gasteiger partial charge in [-0.3, -0.25) is 0 Å². The van der Waals surface area contributed by atoms with Crippen LogP contribution in [0, 0.1) is 0 Å². The highest BCUT2D eigenvalue weighted by atomic mass is 79.9. The fraction of sp³-hybridized carbons (Fsp3) is 0.188. The molecule has 0 aliphatic carbocycles. The molecule has 2 N–H and O–H groups in total. The van der Waals surface area contributed by atoms with Gasteiger partial charge in [0.1, 0.15) is 5.75 Å². The molecule has 3 aromatic rings. The number of anilines is 1. The first kappa shape index (κ1) is 13.9. The van der Waals surface area contributed by atoms with Crippen molar-refractivity contribution in [2.45, 2.75) is 13.0 Å². The predicted molar refractivity (Wildman–Crippen MR) is 88.6 cm³/mol. The average Bonchev–Trinajstić information content (AvgIpc) is 2.76. The van der Waals surface area contributed by atoms with E-state index < -0.39 is 0 Å². The number of fused-ring (bicyclic) bond motifs is 1. The second-order valence-corrected chi connectivity index (χ2v) is 6.00. The molecule has 0 bridgehead atoms. The van der Waals surface area contributed by atoms with Gasteiger partial charge in [-0.1, -0.05) is 28.1 Å². The third kappa shape index (κ3) is 2.74.